The van der Waals surface area contributed by atoms with Gasteiger partial charge < -0.3 is 9.64 Å². The molecule has 4 rings (SSSR count). The second kappa shape index (κ2) is 7.63. The first kappa shape index (κ1) is 17.3. The minimum Gasteiger partial charge on any atom is -0.456 e. The van der Waals surface area contributed by atoms with E-state index in [4.69, 9.17) is 16.3 Å². The van der Waals surface area contributed by atoms with Crippen molar-refractivity contribution >= 4 is 17.6 Å². The summed E-state index contributed by atoms with van der Waals surface area (Å²) in [5, 5.41) is 4.89. The molecule has 0 saturated heterocycles. The highest BCUT2D eigenvalue weighted by Gasteiger charge is 2.21. The van der Waals surface area contributed by atoms with E-state index in [2.05, 4.69) is 15.0 Å². The van der Waals surface area contributed by atoms with Gasteiger partial charge in [-0.05, 0) is 29.8 Å². The number of hydrogen-bond donors (Lipinski definition) is 0. The zero-order valence-electron chi connectivity index (χ0n) is 14.5. The molecule has 0 spiro atoms. The van der Waals surface area contributed by atoms with Gasteiger partial charge >= 0.3 is 5.97 Å². The SMILES string of the molecule is O=C1C=C(N(Cc2ccc(Cl)nc2)Cc2ccnn2-c2ccccc2)CO1. The van der Waals surface area contributed by atoms with Crippen LogP contribution in [0.4, 0.5) is 0 Å². The lowest BCUT2D eigenvalue weighted by Crippen LogP contribution is -2.24. The maximum atomic E-state index is 11.6. The van der Waals surface area contributed by atoms with Gasteiger partial charge in [0.15, 0.2) is 0 Å². The molecule has 6 nitrogen and oxygen atoms in total. The van der Waals surface area contributed by atoms with E-state index in [-0.39, 0.29) is 12.6 Å². The number of ether oxygens (including phenoxy) is 1. The first-order valence-electron chi connectivity index (χ1n) is 8.50. The van der Waals surface area contributed by atoms with Gasteiger partial charge in [-0.3, -0.25) is 0 Å². The zero-order chi connectivity index (χ0) is 18.6. The molecule has 0 N–H and O–H groups in total. The summed E-state index contributed by atoms with van der Waals surface area (Å²) in [5.74, 6) is -0.319. The van der Waals surface area contributed by atoms with Gasteiger partial charge in [0.25, 0.3) is 0 Å². The normalized spacial score (nSPS) is 13.4. The predicted molar refractivity (Wildman–Crippen MR) is 101 cm³/mol. The lowest BCUT2D eigenvalue weighted by molar-refractivity contribution is -0.135. The van der Waals surface area contributed by atoms with Crippen LogP contribution in [0.25, 0.3) is 5.69 Å². The van der Waals surface area contributed by atoms with Crippen LogP contribution in [0.15, 0.2) is 72.7 Å². The average Bonchev–Trinajstić information content (AvgIpc) is 3.32. The van der Waals surface area contributed by atoms with Crippen molar-refractivity contribution in [3.63, 3.8) is 0 Å². The van der Waals surface area contributed by atoms with Crippen LogP contribution in [0, 0.1) is 0 Å². The zero-order valence-corrected chi connectivity index (χ0v) is 15.2. The fourth-order valence-electron chi connectivity index (χ4n) is 2.97. The van der Waals surface area contributed by atoms with Gasteiger partial charge in [-0.2, -0.15) is 5.10 Å². The topological polar surface area (TPSA) is 60.2 Å². The Balaban J connectivity index is 1.62. The van der Waals surface area contributed by atoms with Crippen molar-refractivity contribution in [3.8, 4) is 5.69 Å². The van der Waals surface area contributed by atoms with Gasteiger partial charge in [-0.1, -0.05) is 35.9 Å². The Morgan fingerprint density at radius 1 is 1.11 bits per heavy atom. The Hall–Kier alpha value is -3.12. The molecule has 0 amide bonds. The van der Waals surface area contributed by atoms with Crippen LogP contribution in [0.5, 0.6) is 0 Å². The monoisotopic (exact) mass is 380 g/mol. The van der Waals surface area contributed by atoms with Crippen LogP contribution in [0.2, 0.25) is 5.15 Å². The summed E-state index contributed by atoms with van der Waals surface area (Å²) in [6.07, 6.45) is 5.05. The highest BCUT2D eigenvalue weighted by Crippen LogP contribution is 2.21. The van der Waals surface area contributed by atoms with E-state index < -0.39 is 0 Å². The standard InChI is InChI=1S/C20H17ClN4O2/c21-19-7-6-15(11-22-19)12-24(18-10-20(26)27-14-18)13-17-8-9-23-25(17)16-4-2-1-3-5-16/h1-11H,12-14H2. The lowest BCUT2D eigenvalue weighted by Gasteiger charge is -2.25. The molecule has 0 unspecified atom stereocenters. The van der Waals surface area contributed by atoms with Crippen LogP contribution in [0.1, 0.15) is 11.3 Å². The number of cyclic esters (lactones) is 1. The third-order valence-corrected chi connectivity index (χ3v) is 4.51. The molecular weight excluding hydrogens is 364 g/mol. The number of hydrogen-bond acceptors (Lipinski definition) is 5. The van der Waals surface area contributed by atoms with E-state index >= 15 is 0 Å². The van der Waals surface area contributed by atoms with Gasteiger partial charge in [-0.15, -0.1) is 0 Å². The molecule has 136 valence electrons. The fraction of sp³-hybridized carbons (Fsp3) is 0.150. The molecular formula is C20H17ClN4O2. The van der Waals surface area contributed by atoms with Crippen LogP contribution in [-0.4, -0.2) is 32.2 Å². The van der Waals surface area contributed by atoms with E-state index in [1.54, 1.807) is 18.5 Å². The third kappa shape index (κ3) is 4.01. The number of para-hydroxylation sites is 1. The summed E-state index contributed by atoms with van der Waals surface area (Å²) in [5.41, 5.74) is 3.81. The Bertz CT molecular complexity index is 967. The van der Waals surface area contributed by atoms with Gasteiger partial charge in [0.1, 0.15) is 11.8 Å². The third-order valence-electron chi connectivity index (χ3n) is 4.29. The summed E-state index contributed by atoms with van der Waals surface area (Å²) in [6, 6.07) is 15.6. The summed E-state index contributed by atoms with van der Waals surface area (Å²) in [6.45, 7) is 1.41. The number of carbonyl (C=O) groups excluding carboxylic acids is 1. The summed E-state index contributed by atoms with van der Waals surface area (Å²) >= 11 is 5.89. The Morgan fingerprint density at radius 3 is 2.67 bits per heavy atom. The Labute approximate surface area is 161 Å². The van der Waals surface area contributed by atoms with Crippen molar-refractivity contribution in [2.75, 3.05) is 6.61 Å². The van der Waals surface area contributed by atoms with Crippen LogP contribution in [0.3, 0.4) is 0 Å². The molecule has 0 bridgehead atoms. The van der Waals surface area contributed by atoms with E-state index in [1.807, 2.05) is 47.1 Å². The minimum atomic E-state index is -0.319. The number of carbonyl (C=O) groups is 1. The van der Waals surface area contributed by atoms with Crippen molar-refractivity contribution < 1.29 is 9.53 Å². The van der Waals surface area contributed by atoms with Crippen molar-refractivity contribution in [1.29, 1.82) is 0 Å². The second-order valence-corrected chi connectivity index (χ2v) is 6.55. The van der Waals surface area contributed by atoms with Crippen molar-refractivity contribution in [3.05, 3.63) is 89.1 Å². The summed E-state index contributed by atoms with van der Waals surface area (Å²) < 4.78 is 7.00. The van der Waals surface area contributed by atoms with E-state index in [1.165, 1.54) is 6.08 Å². The molecule has 1 aromatic carbocycles. The number of benzene rings is 1. The van der Waals surface area contributed by atoms with E-state index in [0.717, 1.165) is 22.6 Å². The number of pyridine rings is 1. The molecule has 0 atom stereocenters. The Kier molecular flexibility index (Phi) is 4.89. The molecule has 3 heterocycles. The summed E-state index contributed by atoms with van der Waals surface area (Å²) in [7, 11) is 0. The van der Waals surface area contributed by atoms with Gasteiger partial charge in [0.2, 0.25) is 0 Å². The van der Waals surface area contributed by atoms with E-state index in [9.17, 15) is 4.79 Å². The van der Waals surface area contributed by atoms with Crippen molar-refractivity contribution in [2.24, 2.45) is 0 Å². The van der Waals surface area contributed by atoms with Crippen LogP contribution >= 0.6 is 11.6 Å². The first-order valence-corrected chi connectivity index (χ1v) is 8.88. The summed E-state index contributed by atoms with van der Waals surface area (Å²) in [4.78, 5) is 17.8. The Morgan fingerprint density at radius 2 is 1.96 bits per heavy atom. The largest absolute Gasteiger partial charge is 0.456 e. The van der Waals surface area contributed by atoms with Crippen LogP contribution in [-0.2, 0) is 22.6 Å². The van der Waals surface area contributed by atoms with Crippen molar-refractivity contribution in [2.45, 2.75) is 13.1 Å². The highest BCUT2D eigenvalue weighted by molar-refractivity contribution is 6.29. The molecule has 0 radical (unpaired) electrons. The van der Waals surface area contributed by atoms with Gasteiger partial charge in [0, 0.05) is 25.0 Å². The average molecular weight is 381 g/mol. The maximum absolute atomic E-state index is 11.6. The van der Waals surface area contributed by atoms with E-state index in [0.29, 0.717) is 18.2 Å². The number of rotatable bonds is 6. The number of aromatic nitrogens is 3. The molecule has 2 aromatic heterocycles. The first-order chi connectivity index (χ1) is 13.2. The van der Waals surface area contributed by atoms with Crippen LogP contribution < -0.4 is 0 Å². The second-order valence-electron chi connectivity index (χ2n) is 6.16. The fourth-order valence-corrected chi connectivity index (χ4v) is 3.09. The molecule has 3 aromatic rings. The van der Waals surface area contributed by atoms with Gasteiger partial charge in [-0.25, -0.2) is 14.5 Å². The molecule has 0 saturated carbocycles. The van der Waals surface area contributed by atoms with Gasteiger partial charge in [0.05, 0.1) is 23.6 Å². The number of halogens is 1. The maximum Gasteiger partial charge on any atom is 0.333 e. The predicted octanol–water partition coefficient (Wildman–Crippen LogP) is 3.36. The molecule has 0 fully saturated rings. The molecule has 7 heteroatoms. The molecule has 1 aliphatic rings. The lowest BCUT2D eigenvalue weighted by atomic mass is 10.2. The number of esters is 1. The highest BCUT2D eigenvalue weighted by atomic mass is 35.5. The quantitative estimate of drug-likeness (QED) is 0.484. The minimum absolute atomic E-state index is 0.263. The molecule has 27 heavy (non-hydrogen) atoms. The number of nitrogens with zero attached hydrogens (tertiary/aromatic N) is 4. The molecule has 1 aliphatic heterocycles. The smallest absolute Gasteiger partial charge is 0.333 e. The van der Waals surface area contributed by atoms with Crippen molar-refractivity contribution in [1.82, 2.24) is 19.7 Å². The molecule has 0 aliphatic carbocycles.